The molecule has 0 fully saturated rings. The third kappa shape index (κ3) is 7.54. The summed E-state index contributed by atoms with van der Waals surface area (Å²) in [5, 5.41) is 0. The number of rotatable bonds is 7. The number of thioether (sulfide) groups is 1. The Morgan fingerprint density at radius 2 is 1.48 bits per heavy atom. The zero-order valence-electron chi connectivity index (χ0n) is 16.0. The van der Waals surface area contributed by atoms with Crippen molar-refractivity contribution in [2.24, 2.45) is 4.99 Å². The Bertz CT molecular complexity index is 863. The van der Waals surface area contributed by atoms with Crippen LogP contribution < -0.4 is 4.74 Å². The van der Waals surface area contributed by atoms with Crippen LogP contribution in [0.5, 0.6) is 5.75 Å². The number of ether oxygens (including phenoxy) is 1. The van der Waals surface area contributed by atoms with Gasteiger partial charge in [0.1, 0.15) is 11.4 Å². The number of hydrogen-bond acceptors (Lipinski definition) is 3. The van der Waals surface area contributed by atoms with Crippen molar-refractivity contribution in [1.82, 2.24) is 0 Å². The van der Waals surface area contributed by atoms with E-state index in [0.29, 0.717) is 5.56 Å². The largest absolute Gasteiger partial charge is 0.496 e. The van der Waals surface area contributed by atoms with E-state index in [1.54, 1.807) is 12.1 Å². The van der Waals surface area contributed by atoms with Crippen molar-refractivity contribution < 1.29 is 53.0 Å². The number of allylic oxidation sites excluding steroid dienone is 2. The van der Waals surface area contributed by atoms with Gasteiger partial charge in [-0.05, 0) is 11.6 Å². The van der Waals surface area contributed by atoms with Crippen LogP contribution in [0.15, 0.2) is 40.5 Å². The number of alkyl halides is 12. The molecule has 16 heteroatoms. The molecular weight excluding hydrogens is 546 g/mol. The molecule has 0 amide bonds. The van der Waals surface area contributed by atoms with E-state index in [9.17, 15) is 48.3 Å². The maximum absolute atomic E-state index is 13.7. The average Bonchev–Trinajstić information content (AvgIpc) is 2.65. The summed E-state index contributed by atoms with van der Waals surface area (Å²) in [6, 6.07) is 6.12. The third-order valence-corrected chi connectivity index (χ3v) is 5.51. The normalized spacial score (nSPS) is 14.8. The van der Waals surface area contributed by atoms with Gasteiger partial charge in [-0.2, -0.15) is 48.3 Å². The zero-order valence-corrected chi connectivity index (χ0v) is 18.3. The van der Waals surface area contributed by atoms with Crippen LogP contribution in [0.1, 0.15) is 11.5 Å². The fraction of sp³-hybridized carbons (Fsp3) is 0.471. The molecule has 0 aliphatic carbocycles. The van der Waals surface area contributed by atoms with Crippen LogP contribution >= 0.6 is 35.0 Å². The van der Waals surface area contributed by atoms with Gasteiger partial charge in [0, 0.05) is 17.6 Å². The summed E-state index contributed by atoms with van der Waals surface area (Å²) >= 11 is 11.3. The lowest BCUT2D eigenvalue weighted by atomic mass is 10.0. The van der Waals surface area contributed by atoms with E-state index in [1.807, 2.05) is 0 Å². The van der Waals surface area contributed by atoms with Crippen LogP contribution in [0, 0.1) is 0 Å². The minimum absolute atomic E-state index is 0.123. The van der Waals surface area contributed by atoms with E-state index in [2.05, 4.69) is 4.99 Å². The van der Waals surface area contributed by atoms with E-state index >= 15 is 0 Å². The van der Waals surface area contributed by atoms with Gasteiger partial charge in [0.05, 0.1) is 7.11 Å². The van der Waals surface area contributed by atoms with Gasteiger partial charge in [-0.25, -0.2) is 4.99 Å². The predicted octanol–water partition coefficient (Wildman–Crippen LogP) is 7.92. The Labute approximate surface area is 193 Å². The molecule has 188 valence electrons. The number of aliphatic imine (C=N–C) groups is 1. The Balaban J connectivity index is 3.50. The second kappa shape index (κ2) is 10.9. The van der Waals surface area contributed by atoms with Crippen molar-refractivity contribution in [3.63, 3.8) is 0 Å². The molecule has 0 radical (unpaired) electrons. The first-order chi connectivity index (χ1) is 14.9. The van der Waals surface area contributed by atoms with Gasteiger partial charge in [0.15, 0.2) is 10.1 Å². The number of methoxy groups -OCH3 is 1. The second-order valence-corrected chi connectivity index (χ2v) is 7.96. The van der Waals surface area contributed by atoms with Crippen LogP contribution in [0.3, 0.4) is 0 Å². The SMILES string of the molecule is COc1ccccc1C(CCl)CSC(Cl)=NC(=C(C(F)(F)F)C(F)(F)F)C(F)(F)C(F)(F)F. The van der Waals surface area contributed by atoms with Gasteiger partial charge in [-0.15, -0.1) is 11.6 Å². The lowest BCUT2D eigenvalue weighted by Crippen LogP contribution is -2.42. The molecule has 1 aromatic carbocycles. The van der Waals surface area contributed by atoms with Gasteiger partial charge < -0.3 is 4.74 Å². The fourth-order valence-electron chi connectivity index (χ4n) is 2.36. The summed E-state index contributed by atoms with van der Waals surface area (Å²) in [5.41, 5.74) is -7.34. The monoisotopic (exact) mass is 557 g/mol. The zero-order chi connectivity index (χ0) is 25.8. The van der Waals surface area contributed by atoms with Crippen LogP contribution in [0.4, 0.5) is 48.3 Å². The van der Waals surface area contributed by atoms with Crippen LogP contribution in [-0.2, 0) is 0 Å². The second-order valence-electron chi connectivity index (χ2n) is 6.06. The summed E-state index contributed by atoms with van der Waals surface area (Å²) in [7, 11) is 1.29. The first kappa shape index (κ1) is 29.6. The van der Waals surface area contributed by atoms with E-state index in [-0.39, 0.29) is 29.1 Å². The minimum atomic E-state index is -6.83. The van der Waals surface area contributed by atoms with Crippen molar-refractivity contribution in [2.45, 2.75) is 30.4 Å². The quantitative estimate of drug-likeness (QED) is 0.147. The Hall–Kier alpha value is -1.41. The van der Waals surface area contributed by atoms with Crippen LogP contribution in [-0.4, -0.2) is 47.7 Å². The number of halogens is 13. The first-order valence-corrected chi connectivity index (χ1v) is 10.2. The first-order valence-electron chi connectivity index (χ1n) is 8.27. The molecule has 1 rings (SSSR count). The maximum atomic E-state index is 13.7. The molecule has 0 saturated carbocycles. The standard InChI is InChI=1S/C17H12Cl2F11NOS/c1-32-10-5-3-2-4-9(10)8(6-18)7-33-13(19)31-12(14(20,21)17(28,29)30)11(15(22,23)24)16(25,26)27/h2-5,8H,6-7H2,1H3. The Kier molecular flexibility index (Phi) is 9.78. The van der Waals surface area contributed by atoms with Crippen molar-refractivity contribution in [1.29, 1.82) is 0 Å². The molecule has 1 atom stereocenters. The smallest absolute Gasteiger partial charge is 0.459 e. The summed E-state index contributed by atoms with van der Waals surface area (Å²) in [4.78, 5) is 2.23. The van der Waals surface area contributed by atoms with Crippen LogP contribution in [0.2, 0.25) is 0 Å². The molecule has 0 heterocycles. The van der Waals surface area contributed by atoms with Crippen molar-refractivity contribution in [2.75, 3.05) is 18.7 Å². The highest BCUT2D eigenvalue weighted by molar-refractivity contribution is 8.16. The third-order valence-electron chi connectivity index (χ3n) is 3.83. The summed E-state index contributed by atoms with van der Waals surface area (Å²) in [5.74, 6) is -7.63. The molecule has 0 aliphatic rings. The van der Waals surface area contributed by atoms with E-state index in [4.69, 9.17) is 27.9 Å². The van der Waals surface area contributed by atoms with Gasteiger partial charge in [0.25, 0.3) is 0 Å². The molecule has 0 aliphatic heterocycles. The lowest BCUT2D eigenvalue weighted by molar-refractivity contribution is -0.268. The number of para-hydroxylation sites is 1. The topological polar surface area (TPSA) is 21.6 Å². The van der Waals surface area contributed by atoms with Crippen molar-refractivity contribution >= 4 is 39.5 Å². The van der Waals surface area contributed by atoms with Gasteiger partial charge >= 0.3 is 24.5 Å². The van der Waals surface area contributed by atoms with Gasteiger partial charge in [-0.3, -0.25) is 0 Å². The average molecular weight is 558 g/mol. The number of benzene rings is 1. The molecule has 0 bridgehead atoms. The summed E-state index contributed by atoms with van der Waals surface area (Å²) in [6.07, 6.45) is -20.1. The van der Waals surface area contributed by atoms with Gasteiger partial charge in [-0.1, -0.05) is 41.6 Å². The molecule has 2 nitrogen and oxygen atoms in total. The highest BCUT2D eigenvalue weighted by Crippen LogP contribution is 2.50. The van der Waals surface area contributed by atoms with E-state index in [1.165, 1.54) is 19.2 Å². The predicted molar refractivity (Wildman–Crippen MR) is 102 cm³/mol. The van der Waals surface area contributed by atoms with Gasteiger partial charge in [0.2, 0.25) is 0 Å². The molecule has 1 aromatic rings. The molecule has 0 N–H and O–H groups in total. The molecule has 33 heavy (non-hydrogen) atoms. The van der Waals surface area contributed by atoms with E-state index in [0.717, 1.165) is 0 Å². The molecule has 0 aromatic heterocycles. The van der Waals surface area contributed by atoms with Crippen LogP contribution in [0.25, 0.3) is 0 Å². The number of nitrogens with zero attached hydrogens (tertiary/aromatic N) is 1. The highest BCUT2D eigenvalue weighted by atomic mass is 35.5. The van der Waals surface area contributed by atoms with Crippen molar-refractivity contribution in [3.05, 3.63) is 41.1 Å². The van der Waals surface area contributed by atoms with Crippen molar-refractivity contribution in [3.8, 4) is 5.75 Å². The Morgan fingerprint density at radius 3 is 1.91 bits per heavy atom. The maximum Gasteiger partial charge on any atom is 0.459 e. The number of hydrogen-bond donors (Lipinski definition) is 0. The lowest BCUT2D eigenvalue weighted by Gasteiger charge is -2.25. The highest BCUT2D eigenvalue weighted by Gasteiger charge is 2.66. The molecule has 1 unspecified atom stereocenters. The summed E-state index contributed by atoms with van der Waals surface area (Å²) < 4.78 is 146. The molecule has 0 saturated heterocycles. The minimum Gasteiger partial charge on any atom is -0.496 e. The molecular formula is C17H12Cl2F11NOS. The molecule has 0 spiro atoms. The summed E-state index contributed by atoms with van der Waals surface area (Å²) in [6.45, 7) is 0. The fourth-order valence-corrected chi connectivity index (χ4v) is 3.83. The Morgan fingerprint density at radius 1 is 0.970 bits per heavy atom. The van der Waals surface area contributed by atoms with E-state index < -0.39 is 46.1 Å².